The third-order valence-electron chi connectivity index (χ3n) is 3.48. The molecule has 1 heterocycles. The SMILES string of the molecule is COc1cc(OC)cc(OCCCN(C)c2cnc(C(=O)O)cn2)c1. The van der Waals surface area contributed by atoms with E-state index in [-0.39, 0.29) is 5.69 Å². The van der Waals surface area contributed by atoms with E-state index in [0.29, 0.717) is 36.2 Å². The minimum atomic E-state index is -1.09. The molecule has 0 saturated heterocycles. The number of aromatic nitrogens is 2. The van der Waals surface area contributed by atoms with Gasteiger partial charge in [0.15, 0.2) is 5.69 Å². The lowest BCUT2D eigenvalue weighted by molar-refractivity contribution is 0.0690. The quantitative estimate of drug-likeness (QED) is 0.689. The largest absolute Gasteiger partial charge is 0.496 e. The first-order valence-corrected chi connectivity index (χ1v) is 7.66. The average molecular weight is 347 g/mol. The zero-order valence-corrected chi connectivity index (χ0v) is 14.4. The van der Waals surface area contributed by atoms with Crippen molar-refractivity contribution in [1.29, 1.82) is 0 Å². The molecule has 0 atom stereocenters. The number of methoxy groups -OCH3 is 2. The topological polar surface area (TPSA) is 94.0 Å². The van der Waals surface area contributed by atoms with Gasteiger partial charge in [-0.05, 0) is 6.42 Å². The number of hydrogen-bond acceptors (Lipinski definition) is 7. The molecule has 134 valence electrons. The van der Waals surface area contributed by atoms with Crippen molar-refractivity contribution in [2.45, 2.75) is 6.42 Å². The highest BCUT2D eigenvalue weighted by Gasteiger charge is 2.08. The number of rotatable bonds is 9. The summed E-state index contributed by atoms with van der Waals surface area (Å²) in [5.41, 5.74) is -0.0764. The molecule has 0 unspecified atom stereocenters. The first-order chi connectivity index (χ1) is 12.0. The van der Waals surface area contributed by atoms with E-state index in [4.69, 9.17) is 19.3 Å². The fraction of sp³-hybridized carbons (Fsp3) is 0.353. The summed E-state index contributed by atoms with van der Waals surface area (Å²) in [6.45, 7) is 1.18. The van der Waals surface area contributed by atoms with Crippen LogP contribution in [0.4, 0.5) is 5.82 Å². The monoisotopic (exact) mass is 347 g/mol. The van der Waals surface area contributed by atoms with Crippen molar-refractivity contribution in [3.8, 4) is 17.2 Å². The number of ether oxygens (including phenoxy) is 3. The predicted molar refractivity (Wildman–Crippen MR) is 91.9 cm³/mol. The van der Waals surface area contributed by atoms with Crippen molar-refractivity contribution >= 4 is 11.8 Å². The fourth-order valence-electron chi connectivity index (χ4n) is 2.10. The number of carbonyl (C=O) groups is 1. The number of hydrogen-bond donors (Lipinski definition) is 1. The van der Waals surface area contributed by atoms with Gasteiger partial charge < -0.3 is 24.2 Å². The highest BCUT2D eigenvalue weighted by molar-refractivity contribution is 5.84. The van der Waals surface area contributed by atoms with Crippen LogP contribution in [0.2, 0.25) is 0 Å². The van der Waals surface area contributed by atoms with E-state index in [9.17, 15) is 4.79 Å². The molecule has 2 rings (SSSR count). The first kappa shape index (κ1) is 18.3. The second kappa shape index (κ2) is 8.72. The van der Waals surface area contributed by atoms with Crippen molar-refractivity contribution in [3.63, 3.8) is 0 Å². The number of anilines is 1. The molecule has 0 aliphatic heterocycles. The minimum Gasteiger partial charge on any atom is -0.496 e. The molecule has 8 nitrogen and oxygen atoms in total. The fourth-order valence-corrected chi connectivity index (χ4v) is 2.10. The van der Waals surface area contributed by atoms with Gasteiger partial charge in [-0.15, -0.1) is 0 Å². The maximum Gasteiger partial charge on any atom is 0.356 e. The lowest BCUT2D eigenvalue weighted by Gasteiger charge is -2.18. The lowest BCUT2D eigenvalue weighted by Crippen LogP contribution is -2.22. The Hall–Kier alpha value is -3.03. The van der Waals surface area contributed by atoms with E-state index in [1.54, 1.807) is 32.4 Å². The van der Waals surface area contributed by atoms with Gasteiger partial charge in [0.25, 0.3) is 0 Å². The summed E-state index contributed by atoms with van der Waals surface area (Å²) < 4.78 is 16.1. The smallest absolute Gasteiger partial charge is 0.356 e. The molecular weight excluding hydrogens is 326 g/mol. The summed E-state index contributed by atoms with van der Waals surface area (Å²) in [6, 6.07) is 5.37. The summed E-state index contributed by atoms with van der Waals surface area (Å²) in [4.78, 5) is 20.6. The first-order valence-electron chi connectivity index (χ1n) is 7.66. The molecule has 8 heteroatoms. The third-order valence-corrected chi connectivity index (χ3v) is 3.48. The Bertz CT molecular complexity index is 684. The Balaban J connectivity index is 1.83. The Kier molecular flexibility index (Phi) is 6.39. The minimum absolute atomic E-state index is 0.0764. The Labute approximate surface area is 146 Å². The second-order valence-electron chi connectivity index (χ2n) is 5.24. The van der Waals surface area contributed by atoms with Gasteiger partial charge in [-0.25, -0.2) is 14.8 Å². The van der Waals surface area contributed by atoms with Gasteiger partial charge in [-0.1, -0.05) is 0 Å². The van der Waals surface area contributed by atoms with Crippen molar-refractivity contribution in [2.75, 3.05) is 39.3 Å². The Morgan fingerprint density at radius 3 is 2.24 bits per heavy atom. The van der Waals surface area contributed by atoms with E-state index < -0.39 is 5.97 Å². The van der Waals surface area contributed by atoms with Crippen molar-refractivity contribution in [3.05, 3.63) is 36.3 Å². The van der Waals surface area contributed by atoms with Gasteiger partial charge in [0.05, 0.1) is 33.2 Å². The highest BCUT2D eigenvalue weighted by atomic mass is 16.5. The molecule has 1 aromatic carbocycles. The van der Waals surface area contributed by atoms with Gasteiger partial charge in [-0.2, -0.15) is 0 Å². The van der Waals surface area contributed by atoms with Crippen molar-refractivity contribution in [2.24, 2.45) is 0 Å². The molecule has 0 aliphatic rings. The maximum absolute atomic E-state index is 10.8. The van der Waals surface area contributed by atoms with Crippen LogP contribution in [0.15, 0.2) is 30.6 Å². The number of benzene rings is 1. The van der Waals surface area contributed by atoms with Crippen LogP contribution >= 0.6 is 0 Å². The van der Waals surface area contributed by atoms with Crippen LogP contribution < -0.4 is 19.1 Å². The van der Waals surface area contributed by atoms with Crippen LogP contribution in [-0.4, -0.2) is 55.5 Å². The van der Waals surface area contributed by atoms with E-state index in [0.717, 1.165) is 6.42 Å². The Morgan fingerprint density at radius 1 is 1.08 bits per heavy atom. The van der Waals surface area contributed by atoms with E-state index >= 15 is 0 Å². The van der Waals surface area contributed by atoms with Crippen molar-refractivity contribution in [1.82, 2.24) is 9.97 Å². The third kappa shape index (κ3) is 5.23. The molecule has 1 N–H and O–H groups in total. The normalized spacial score (nSPS) is 10.2. The van der Waals surface area contributed by atoms with Crippen LogP contribution in [0.5, 0.6) is 17.2 Å². The van der Waals surface area contributed by atoms with Crippen LogP contribution in [0.3, 0.4) is 0 Å². The van der Waals surface area contributed by atoms with Gasteiger partial charge in [0, 0.05) is 31.8 Å². The van der Waals surface area contributed by atoms with Crippen LogP contribution in [0, 0.1) is 0 Å². The highest BCUT2D eigenvalue weighted by Crippen LogP contribution is 2.27. The summed E-state index contributed by atoms with van der Waals surface area (Å²) >= 11 is 0. The molecule has 0 spiro atoms. The number of carboxylic acids is 1. The van der Waals surface area contributed by atoms with Crippen LogP contribution in [0.1, 0.15) is 16.9 Å². The van der Waals surface area contributed by atoms with Gasteiger partial charge in [-0.3, -0.25) is 0 Å². The average Bonchev–Trinajstić information content (AvgIpc) is 2.64. The van der Waals surface area contributed by atoms with Crippen LogP contribution in [0.25, 0.3) is 0 Å². The number of aromatic carboxylic acids is 1. The number of carboxylic acid groups (broad SMARTS) is 1. The molecule has 2 aromatic rings. The summed E-state index contributed by atoms with van der Waals surface area (Å²) in [5.74, 6) is 1.52. The summed E-state index contributed by atoms with van der Waals surface area (Å²) in [5, 5.41) is 8.82. The lowest BCUT2D eigenvalue weighted by atomic mass is 10.3. The molecule has 0 aliphatic carbocycles. The van der Waals surface area contributed by atoms with Gasteiger partial charge in [0.2, 0.25) is 0 Å². The molecule has 0 amide bonds. The maximum atomic E-state index is 10.8. The summed E-state index contributed by atoms with van der Waals surface area (Å²) in [7, 11) is 5.04. The van der Waals surface area contributed by atoms with Gasteiger partial charge in [0.1, 0.15) is 23.1 Å². The Morgan fingerprint density at radius 2 is 1.72 bits per heavy atom. The molecule has 0 bridgehead atoms. The van der Waals surface area contributed by atoms with Gasteiger partial charge >= 0.3 is 5.97 Å². The zero-order chi connectivity index (χ0) is 18.2. The van der Waals surface area contributed by atoms with Crippen LogP contribution in [-0.2, 0) is 0 Å². The molecule has 0 radical (unpaired) electrons. The standard InChI is InChI=1S/C17H21N3O5/c1-20(16-11-18-15(10-19-16)17(21)22)5-4-6-25-14-8-12(23-2)7-13(9-14)24-3/h7-11H,4-6H2,1-3H3,(H,21,22). The molecule has 0 saturated carbocycles. The second-order valence-corrected chi connectivity index (χ2v) is 5.24. The zero-order valence-electron chi connectivity index (χ0n) is 14.4. The molecule has 25 heavy (non-hydrogen) atoms. The summed E-state index contributed by atoms with van der Waals surface area (Å²) in [6.07, 6.45) is 3.43. The predicted octanol–water partition coefficient (Wildman–Crippen LogP) is 2.10. The van der Waals surface area contributed by atoms with E-state index in [2.05, 4.69) is 9.97 Å². The number of nitrogens with zero attached hydrogens (tertiary/aromatic N) is 3. The molecule has 1 aromatic heterocycles. The molecular formula is C17H21N3O5. The molecule has 0 fully saturated rings. The van der Waals surface area contributed by atoms with Crippen molar-refractivity contribution < 1.29 is 24.1 Å². The van der Waals surface area contributed by atoms with E-state index in [1.807, 2.05) is 11.9 Å². The van der Waals surface area contributed by atoms with E-state index in [1.165, 1.54) is 12.4 Å².